The Balaban J connectivity index is 2.73. The van der Waals surface area contributed by atoms with E-state index in [0.717, 1.165) is 6.07 Å². The normalized spacial score (nSPS) is 10.4. The zero-order valence-electron chi connectivity index (χ0n) is 7.34. The van der Waals surface area contributed by atoms with Crippen LogP contribution in [0.15, 0.2) is 22.6 Å². The van der Waals surface area contributed by atoms with E-state index < -0.39 is 4.92 Å². The van der Waals surface area contributed by atoms with Gasteiger partial charge in [-0.1, -0.05) is 0 Å². The van der Waals surface area contributed by atoms with Crippen molar-refractivity contribution >= 4 is 22.9 Å². The molecule has 15 heavy (non-hydrogen) atoms. The van der Waals surface area contributed by atoms with E-state index in [9.17, 15) is 20.0 Å². The van der Waals surface area contributed by atoms with Crippen LogP contribution in [0.4, 0.5) is 5.69 Å². The summed E-state index contributed by atoms with van der Waals surface area (Å²) in [5.74, 6) is -0.527. The minimum atomic E-state index is -0.584. The van der Waals surface area contributed by atoms with Crippen molar-refractivity contribution in [1.82, 2.24) is 0 Å². The molecule has 6 nitrogen and oxygen atoms in total. The van der Waals surface area contributed by atoms with Gasteiger partial charge >= 0.3 is 0 Å². The number of benzene rings is 1. The second kappa shape index (κ2) is 3.09. The van der Waals surface area contributed by atoms with Gasteiger partial charge in [0.1, 0.15) is 5.58 Å². The van der Waals surface area contributed by atoms with Crippen LogP contribution in [0.2, 0.25) is 0 Å². The van der Waals surface area contributed by atoms with Crippen LogP contribution in [-0.2, 0) is 0 Å². The highest BCUT2D eigenvalue weighted by Crippen LogP contribution is 2.32. The molecule has 76 valence electrons. The van der Waals surface area contributed by atoms with Crippen LogP contribution in [0.3, 0.4) is 0 Å². The molecule has 0 aliphatic carbocycles. The molecule has 0 bridgehead atoms. The molecule has 0 saturated carbocycles. The second-order valence-corrected chi connectivity index (χ2v) is 2.87. The molecule has 0 amide bonds. The molecule has 0 saturated heterocycles. The molecule has 0 aliphatic heterocycles. The Morgan fingerprint density at radius 3 is 2.80 bits per heavy atom. The molecule has 0 aliphatic rings. The van der Waals surface area contributed by atoms with Crippen molar-refractivity contribution in [1.29, 1.82) is 0 Å². The van der Waals surface area contributed by atoms with E-state index in [0.29, 0.717) is 6.29 Å². The third-order valence-electron chi connectivity index (χ3n) is 1.99. The number of carbonyl (C=O) groups is 1. The molecule has 0 spiro atoms. The van der Waals surface area contributed by atoms with E-state index in [-0.39, 0.29) is 28.2 Å². The smallest absolute Gasteiger partial charge is 0.273 e. The van der Waals surface area contributed by atoms with Crippen LogP contribution in [0.25, 0.3) is 11.0 Å². The highest BCUT2D eigenvalue weighted by molar-refractivity contribution is 5.93. The van der Waals surface area contributed by atoms with Crippen molar-refractivity contribution in [2.45, 2.75) is 0 Å². The monoisotopic (exact) mass is 207 g/mol. The van der Waals surface area contributed by atoms with Gasteiger partial charge in [-0.25, -0.2) is 0 Å². The third kappa shape index (κ3) is 1.32. The molecule has 2 rings (SSSR count). The summed E-state index contributed by atoms with van der Waals surface area (Å²) in [7, 11) is 0. The fraction of sp³-hybridized carbons (Fsp3) is 0. The first-order valence-corrected chi connectivity index (χ1v) is 3.98. The topological polar surface area (TPSA) is 93.6 Å². The SMILES string of the molecule is O=Cc1oc2cc([N+](=O)[O-])ccc2c1O. The maximum Gasteiger partial charge on any atom is 0.273 e. The van der Waals surface area contributed by atoms with E-state index in [1.165, 1.54) is 12.1 Å². The number of rotatable bonds is 2. The lowest BCUT2D eigenvalue weighted by molar-refractivity contribution is -0.384. The van der Waals surface area contributed by atoms with Gasteiger partial charge < -0.3 is 9.52 Å². The number of fused-ring (bicyclic) bond motifs is 1. The first-order valence-electron chi connectivity index (χ1n) is 3.98. The van der Waals surface area contributed by atoms with Gasteiger partial charge in [0.25, 0.3) is 5.69 Å². The minimum Gasteiger partial charge on any atom is -0.504 e. The molecule has 0 unspecified atom stereocenters. The van der Waals surface area contributed by atoms with Crippen LogP contribution in [0, 0.1) is 10.1 Å². The number of carbonyl (C=O) groups excluding carboxylic acids is 1. The van der Waals surface area contributed by atoms with Gasteiger partial charge in [-0.3, -0.25) is 14.9 Å². The predicted octanol–water partition coefficient (Wildman–Crippen LogP) is 1.86. The molecule has 1 aromatic heterocycles. The number of hydrogen-bond acceptors (Lipinski definition) is 5. The molecular weight excluding hydrogens is 202 g/mol. The van der Waals surface area contributed by atoms with Gasteiger partial charge in [-0.2, -0.15) is 0 Å². The first kappa shape index (κ1) is 9.20. The number of hydrogen-bond donors (Lipinski definition) is 1. The molecular formula is C9H5NO5. The summed E-state index contributed by atoms with van der Waals surface area (Å²) in [4.78, 5) is 20.3. The van der Waals surface area contributed by atoms with E-state index in [1.807, 2.05) is 0 Å². The number of nitro benzene ring substituents is 1. The van der Waals surface area contributed by atoms with Crippen LogP contribution in [0.1, 0.15) is 10.6 Å². The maximum atomic E-state index is 10.4. The van der Waals surface area contributed by atoms with Crippen molar-refractivity contribution in [2.75, 3.05) is 0 Å². The predicted molar refractivity (Wildman–Crippen MR) is 49.9 cm³/mol. The van der Waals surface area contributed by atoms with Crippen LogP contribution < -0.4 is 0 Å². The van der Waals surface area contributed by atoms with Crippen LogP contribution >= 0.6 is 0 Å². The summed E-state index contributed by atoms with van der Waals surface area (Å²) in [6.45, 7) is 0. The molecule has 1 aromatic carbocycles. The molecule has 0 fully saturated rings. The van der Waals surface area contributed by atoms with Gasteiger partial charge in [0.2, 0.25) is 5.76 Å². The van der Waals surface area contributed by atoms with Crippen LogP contribution in [-0.4, -0.2) is 16.3 Å². The van der Waals surface area contributed by atoms with E-state index >= 15 is 0 Å². The first-order chi connectivity index (χ1) is 7.13. The number of non-ortho nitro benzene ring substituents is 1. The van der Waals surface area contributed by atoms with Crippen molar-refractivity contribution in [3.63, 3.8) is 0 Å². The Hall–Kier alpha value is -2.37. The molecule has 0 radical (unpaired) electrons. The Kier molecular flexibility index (Phi) is 1.89. The molecule has 2 aromatic rings. The van der Waals surface area contributed by atoms with Crippen molar-refractivity contribution in [2.24, 2.45) is 0 Å². The number of nitrogens with zero attached hydrogens (tertiary/aromatic N) is 1. The average Bonchev–Trinajstić information content (AvgIpc) is 2.55. The standard InChI is InChI=1S/C9H5NO5/c11-4-8-9(12)6-2-1-5(10(13)14)3-7(6)15-8/h1-4,12H. The molecule has 6 heteroatoms. The summed E-state index contributed by atoms with van der Waals surface area (Å²) in [5, 5.41) is 20.1. The van der Waals surface area contributed by atoms with E-state index in [4.69, 9.17) is 4.42 Å². The van der Waals surface area contributed by atoms with Gasteiger partial charge in [0, 0.05) is 6.07 Å². The maximum absolute atomic E-state index is 10.4. The van der Waals surface area contributed by atoms with Crippen LogP contribution in [0.5, 0.6) is 5.75 Å². The summed E-state index contributed by atoms with van der Waals surface area (Å²) >= 11 is 0. The number of aromatic hydroxyl groups is 1. The fourth-order valence-electron chi connectivity index (χ4n) is 1.28. The average molecular weight is 207 g/mol. The van der Waals surface area contributed by atoms with Gasteiger partial charge in [-0.05, 0) is 6.07 Å². The third-order valence-corrected chi connectivity index (χ3v) is 1.99. The molecule has 0 atom stereocenters. The highest BCUT2D eigenvalue weighted by Gasteiger charge is 2.15. The summed E-state index contributed by atoms with van der Waals surface area (Å²) < 4.78 is 4.92. The van der Waals surface area contributed by atoms with E-state index in [2.05, 4.69) is 0 Å². The lowest BCUT2D eigenvalue weighted by atomic mass is 10.2. The summed E-state index contributed by atoms with van der Waals surface area (Å²) in [6.07, 6.45) is 0.348. The quantitative estimate of drug-likeness (QED) is 0.460. The Morgan fingerprint density at radius 2 is 2.20 bits per heavy atom. The van der Waals surface area contributed by atoms with Gasteiger partial charge in [0.05, 0.1) is 16.4 Å². The second-order valence-electron chi connectivity index (χ2n) is 2.87. The number of furan rings is 1. The summed E-state index contributed by atoms with van der Waals surface area (Å²) in [5.41, 5.74) is -0.0440. The highest BCUT2D eigenvalue weighted by atomic mass is 16.6. The Morgan fingerprint density at radius 1 is 1.47 bits per heavy atom. The van der Waals surface area contributed by atoms with Crippen molar-refractivity contribution in [3.8, 4) is 5.75 Å². The zero-order valence-corrected chi connectivity index (χ0v) is 7.34. The van der Waals surface area contributed by atoms with Crippen molar-refractivity contribution < 1.29 is 19.2 Å². The zero-order chi connectivity index (χ0) is 11.0. The molecule has 1 N–H and O–H groups in total. The lowest BCUT2D eigenvalue weighted by Crippen LogP contribution is -1.85. The number of aldehydes is 1. The minimum absolute atomic E-state index is 0.115. The summed E-state index contributed by atoms with van der Waals surface area (Å²) in [6, 6.07) is 3.72. The van der Waals surface area contributed by atoms with Gasteiger partial charge in [-0.15, -0.1) is 0 Å². The van der Waals surface area contributed by atoms with E-state index in [1.54, 1.807) is 0 Å². The number of nitro groups is 1. The Bertz CT molecular complexity index is 557. The Labute approximate surface area is 82.9 Å². The fourth-order valence-corrected chi connectivity index (χ4v) is 1.28. The van der Waals surface area contributed by atoms with Gasteiger partial charge in [0.15, 0.2) is 12.0 Å². The molecule has 1 heterocycles. The van der Waals surface area contributed by atoms with Crippen molar-refractivity contribution in [3.05, 3.63) is 34.1 Å². The lowest BCUT2D eigenvalue weighted by Gasteiger charge is -1.90. The largest absolute Gasteiger partial charge is 0.504 e.